The Kier molecular flexibility index (Phi) is 4.85. The Morgan fingerprint density at radius 2 is 1.78 bits per heavy atom. The van der Waals surface area contributed by atoms with E-state index < -0.39 is 17.5 Å². The number of nitrogens with one attached hydrogen (secondary N) is 1. The number of amides is 1. The average Bonchev–Trinajstić information content (AvgIpc) is 2.87. The van der Waals surface area contributed by atoms with Gasteiger partial charge in [-0.2, -0.15) is 9.49 Å². The van der Waals surface area contributed by atoms with Crippen molar-refractivity contribution in [2.75, 3.05) is 5.32 Å². The highest BCUT2D eigenvalue weighted by Crippen LogP contribution is 2.30. The number of halogens is 1. The standard InChI is InChI=1S/C21H22FN3O2/c1-13-18(19(22)25(4)24-13)20(26)23-17-8-6-5-7-16(17)14-9-11-15(12-10-14)21(2,3)27/h5-12,27H,1-4H3,(H,23,26). The smallest absolute Gasteiger partial charge is 0.262 e. The lowest BCUT2D eigenvalue weighted by molar-refractivity contribution is 0.0786. The fraction of sp³-hybridized carbons (Fsp3) is 0.238. The van der Waals surface area contributed by atoms with Gasteiger partial charge in [0.1, 0.15) is 5.56 Å². The van der Waals surface area contributed by atoms with Gasteiger partial charge in [-0.05, 0) is 38.0 Å². The summed E-state index contributed by atoms with van der Waals surface area (Å²) in [5, 5.41) is 16.8. The van der Waals surface area contributed by atoms with Crippen LogP contribution in [-0.4, -0.2) is 20.8 Å². The van der Waals surface area contributed by atoms with Gasteiger partial charge < -0.3 is 10.4 Å². The summed E-state index contributed by atoms with van der Waals surface area (Å²) in [4.78, 5) is 12.6. The number of aliphatic hydroxyl groups is 1. The number of carbonyl (C=O) groups is 1. The van der Waals surface area contributed by atoms with Crippen LogP contribution in [0.2, 0.25) is 0 Å². The molecule has 3 aromatic rings. The summed E-state index contributed by atoms with van der Waals surface area (Å²) in [5.74, 6) is -1.21. The molecule has 1 aromatic heterocycles. The Labute approximate surface area is 157 Å². The number of para-hydroxylation sites is 1. The molecule has 0 radical (unpaired) electrons. The van der Waals surface area contributed by atoms with Gasteiger partial charge in [0.2, 0.25) is 5.95 Å². The highest BCUT2D eigenvalue weighted by Gasteiger charge is 2.21. The Morgan fingerprint density at radius 1 is 1.15 bits per heavy atom. The Morgan fingerprint density at radius 3 is 2.33 bits per heavy atom. The predicted octanol–water partition coefficient (Wildman–Crippen LogP) is 4.01. The van der Waals surface area contributed by atoms with Crippen molar-refractivity contribution >= 4 is 11.6 Å². The van der Waals surface area contributed by atoms with Crippen molar-refractivity contribution in [3.8, 4) is 11.1 Å². The molecular formula is C21H22FN3O2. The molecular weight excluding hydrogens is 345 g/mol. The van der Waals surface area contributed by atoms with Crippen LogP contribution in [0.1, 0.15) is 35.5 Å². The number of rotatable bonds is 4. The van der Waals surface area contributed by atoms with Crippen LogP contribution in [0.5, 0.6) is 0 Å². The van der Waals surface area contributed by atoms with E-state index in [-0.39, 0.29) is 5.56 Å². The van der Waals surface area contributed by atoms with Crippen LogP contribution in [0.15, 0.2) is 48.5 Å². The first-order valence-corrected chi connectivity index (χ1v) is 8.61. The number of aromatic nitrogens is 2. The highest BCUT2D eigenvalue weighted by molar-refractivity contribution is 6.07. The lowest BCUT2D eigenvalue weighted by Gasteiger charge is -2.18. The average molecular weight is 367 g/mol. The third kappa shape index (κ3) is 3.75. The lowest BCUT2D eigenvalue weighted by Crippen LogP contribution is -2.15. The molecule has 27 heavy (non-hydrogen) atoms. The van der Waals surface area contributed by atoms with Crippen LogP contribution in [0.4, 0.5) is 10.1 Å². The second-order valence-electron chi connectivity index (χ2n) is 7.01. The van der Waals surface area contributed by atoms with E-state index >= 15 is 0 Å². The van der Waals surface area contributed by atoms with E-state index in [4.69, 9.17) is 0 Å². The first-order chi connectivity index (χ1) is 12.7. The number of nitrogens with zero attached hydrogens (tertiary/aromatic N) is 2. The molecule has 0 spiro atoms. The summed E-state index contributed by atoms with van der Waals surface area (Å²) in [7, 11) is 1.46. The van der Waals surface area contributed by atoms with Crippen LogP contribution in [0.3, 0.4) is 0 Å². The van der Waals surface area contributed by atoms with E-state index in [2.05, 4.69) is 10.4 Å². The van der Waals surface area contributed by atoms with Crippen molar-refractivity contribution in [3.63, 3.8) is 0 Å². The van der Waals surface area contributed by atoms with Gasteiger partial charge in [-0.15, -0.1) is 0 Å². The Bertz CT molecular complexity index is 986. The Hall–Kier alpha value is -2.99. The van der Waals surface area contributed by atoms with Crippen molar-refractivity contribution in [3.05, 3.63) is 71.3 Å². The van der Waals surface area contributed by atoms with E-state index in [0.717, 1.165) is 21.4 Å². The third-order valence-corrected chi connectivity index (χ3v) is 4.46. The van der Waals surface area contributed by atoms with E-state index in [0.29, 0.717) is 11.4 Å². The third-order valence-electron chi connectivity index (χ3n) is 4.46. The Balaban J connectivity index is 1.94. The van der Waals surface area contributed by atoms with Gasteiger partial charge in [-0.3, -0.25) is 4.79 Å². The first-order valence-electron chi connectivity index (χ1n) is 8.61. The monoisotopic (exact) mass is 367 g/mol. The molecule has 0 aliphatic carbocycles. The van der Waals surface area contributed by atoms with E-state index in [1.54, 1.807) is 32.9 Å². The number of hydrogen-bond donors (Lipinski definition) is 2. The molecule has 0 bridgehead atoms. The fourth-order valence-electron chi connectivity index (χ4n) is 2.97. The zero-order valence-corrected chi connectivity index (χ0v) is 15.7. The van der Waals surface area contributed by atoms with Gasteiger partial charge in [0.25, 0.3) is 5.91 Å². The van der Waals surface area contributed by atoms with Crippen molar-refractivity contribution < 1.29 is 14.3 Å². The van der Waals surface area contributed by atoms with Gasteiger partial charge in [-0.1, -0.05) is 42.5 Å². The SMILES string of the molecule is Cc1nn(C)c(F)c1C(=O)Nc1ccccc1-c1ccc(C(C)(C)O)cc1. The highest BCUT2D eigenvalue weighted by atomic mass is 19.1. The van der Waals surface area contributed by atoms with Gasteiger partial charge in [0.05, 0.1) is 11.3 Å². The molecule has 2 aromatic carbocycles. The molecule has 2 N–H and O–H groups in total. The van der Waals surface area contributed by atoms with E-state index in [1.165, 1.54) is 7.05 Å². The first kappa shape index (κ1) is 18.8. The molecule has 5 nitrogen and oxygen atoms in total. The van der Waals surface area contributed by atoms with E-state index in [1.807, 2.05) is 36.4 Å². The molecule has 0 aliphatic heterocycles. The second kappa shape index (κ2) is 6.96. The largest absolute Gasteiger partial charge is 0.386 e. The lowest BCUT2D eigenvalue weighted by atomic mass is 9.95. The van der Waals surface area contributed by atoms with Gasteiger partial charge in [-0.25, -0.2) is 4.68 Å². The minimum Gasteiger partial charge on any atom is -0.386 e. The topological polar surface area (TPSA) is 67.2 Å². The van der Waals surface area contributed by atoms with Crippen molar-refractivity contribution in [2.24, 2.45) is 7.05 Å². The van der Waals surface area contributed by atoms with Crippen LogP contribution >= 0.6 is 0 Å². The summed E-state index contributed by atoms with van der Waals surface area (Å²) in [5.41, 5.74) is 2.38. The summed E-state index contributed by atoms with van der Waals surface area (Å²) in [6.45, 7) is 5.04. The summed E-state index contributed by atoms with van der Waals surface area (Å²) in [6, 6.07) is 14.8. The summed E-state index contributed by atoms with van der Waals surface area (Å²) in [6.07, 6.45) is 0. The predicted molar refractivity (Wildman–Crippen MR) is 103 cm³/mol. The molecule has 0 saturated carbocycles. The molecule has 1 heterocycles. The number of benzene rings is 2. The number of aryl methyl sites for hydroxylation is 2. The number of hydrogen-bond acceptors (Lipinski definition) is 3. The molecule has 0 aliphatic rings. The number of carbonyl (C=O) groups excluding carboxylic acids is 1. The normalized spacial score (nSPS) is 11.5. The zero-order valence-electron chi connectivity index (χ0n) is 15.7. The molecule has 0 fully saturated rings. The maximum atomic E-state index is 14.2. The number of anilines is 1. The summed E-state index contributed by atoms with van der Waals surface area (Å²) >= 11 is 0. The van der Waals surface area contributed by atoms with E-state index in [9.17, 15) is 14.3 Å². The molecule has 1 amide bonds. The molecule has 0 unspecified atom stereocenters. The molecule has 6 heteroatoms. The molecule has 0 saturated heterocycles. The minimum atomic E-state index is -0.929. The second-order valence-corrected chi connectivity index (χ2v) is 7.01. The van der Waals surface area contributed by atoms with Crippen molar-refractivity contribution in [2.45, 2.75) is 26.4 Å². The van der Waals surface area contributed by atoms with Gasteiger partial charge in [0, 0.05) is 18.3 Å². The van der Waals surface area contributed by atoms with Crippen molar-refractivity contribution in [1.82, 2.24) is 9.78 Å². The molecule has 140 valence electrons. The summed E-state index contributed by atoms with van der Waals surface area (Å²) < 4.78 is 15.2. The zero-order chi connectivity index (χ0) is 19.8. The molecule has 0 atom stereocenters. The van der Waals surface area contributed by atoms with Crippen molar-refractivity contribution in [1.29, 1.82) is 0 Å². The quantitative estimate of drug-likeness (QED) is 0.732. The van der Waals surface area contributed by atoms with Crippen LogP contribution in [0.25, 0.3) is 11.1 Å². The fourth-order valence-corrected chi connectivity index (χ4v) is 2.97. The maximum absolute atomic E-state index is 14.2. The van der Waals surface area contributed by atoms with Gasteiger partial charge in [0.15, 0.2) is 0 Å². The maximum Gasteiger partial charge on any atom is 0.262 e. The van der Waals surface area contributed by atoms with Crippen LogP contribution in [0, 0.1) is 12.9 Å². The van der Waals surface area contributed by atoms with Crippen LogP contribution in [-0.2, 0) is 12.6 Å². The van der Waals surface area contributed by atoms with Crippen LogP contribution < -0.4 is 5.32 Å². The molecule has 3 rings (SSSR count). The van der Waals surface area contributed by atoms with Gasteiger partial charge >= 0.3 is 0 Å². The minimum absolute atomic E-state index is 0.0651.